The topological polar surface area (TPSA) is 52.6 Å². The largest absolute Gasteiger partial charge is 0.393 e. The van der Waals surface area contributed by atoms with E-state index in [4.69, 9.17) is 0 Å². The average molecular weight is 242 g/mol. The zero-order valence-corrected chi connectivity index (χ0v) is 11.3. The molecule has 0 aromatic heterocycles. The van der Waals surface area contributed by atoms with Crippen molar-refractivity contribution in [1.82, 2.24) is 10.2 Å². The van der Waals surface area contributed by atoms with Crippen LogP contribution in [0.25, 0.3) is 0 Å². The van der Waals surface area contributed by atoms with Gasteiger partial charge in [-0.25, -0.2) is 0 Å². The van der Waals surface area contributed by atoms with Crippen molar-refractivity contribution < 1.29 is 9.90 Å². The van der Waals surface area contributed by atoms with Gasteiger partial charge in [0.15, 0.2) is 0 Å². The standard InChI is InChI=1S/C13H26N2O2/c1-10(2)7-14-13(17)9-15-6-4-5-12(8-15)11(3)16/h10-12,16H,4-9H2,1-3H3,(H,14,17). The van der Waals surface area contributed by atoms with Crippen molar-refractivity contribution in [2.24, 2.45) is 11.8 Å². The second kappa shape index (κ2) is 6.97. The van der Waals surface area contributed by atoms with Crippen molar-refractivity contribution in [2.75, 3.05) is 26.2 Å². The number of aliphatic hydroxyl groups is 1. The SMILES string of the molecule is CC(C)CNC(=O)CN1CCCC(C(C)O)C1. The molecule has 2 atom stereocenters. The summed E-state index contributed by atoms with van der Waals surface area (Å²) < 4.78 is 0. The lowest BCUT2D eigenvalue weighted by atomic mass is 9.93. The Balaban J connectivity index is 2.28. The highest BCUT2D eigenvalue weighted by Crippen LogP contribution is 2.19. The monoisotopic (exact) mass is 242 g/mol. The first-order valence-corrected chi connectivity index (χ1v) is 6.66. The Morgan fingerprint density at radius 1 is 1.47 bits per heavy atom. The lowest BCUT2D eigenvalue weighted by Crippen LogP contribution is -2.45. The van der Waals surface area contributed by atoms with Gasteiger partial charge >= 0.3 is 0 Å². The molecule has 1 amide bonds. The molecule has 0 radical (unpaired) electrons. The highest BCUT2D eigenvalue weighted by Gasteiger charge is 2.24. The van der Waals surface area contributed by atoms with Crippen LogP contribution in [0.3, 0.4) is 0 Å². The number of amides is 1. The Morgan fingerprint density at radius 2 is 2.18 bits per heavy atom. The van der Waals surface area contributed by atoms with Crippen LogP contribution in [0.15, 0.2) is 0 Å². The van der Waals surface area contributed by atoms with E-state index in [0.717, 1.165) is 32.5 Å². The van der Waals surface area contributed by atoms with Crippen molar-refractivity contribution >= 4 is 5.91 Å². The van der Waals surface area contributed by atoms with E-state index in [1.807, 2.05) is 6.92 Å². The molecule has 1 aliphatic rings. The van der Waals surface area contributed by atoms with Gasteiger partial charge in [-0.15, -0.1) is 0 Å². The molecule has 0 bridgehead atoms. The molecule has 1 fully saturated rings. The van der Waals surface area contributed by atoms with E-state index >= 15 is 0 Å². The van der Waals surface area contributed by atoms with Crippen LogP contribution >= 0.6 is 0 Å². The van der Waals surface area contributed by atoms with Gasteiger partial charge in [0.05, 0.1) is 12.6 Å². The first-order valence-electron chi connectivity index (χ1n) is 6.66. The number of nitrogens with zero attached hydrogens (tertiary/aromatic N) is 1. The molecule has 1 saturated heterocycles. The Kier molecular flexibility index (Phi) is 5.92. The van der Waals surface area contributed by atoms with Crippen LogP contribution in [0.5, 0.6) is 0 Å². The number of aliphatic hydroxyl groups excluding tert-OH is 1. The summed E-state index contributed by atoms with van der Waals surface area (Å²) in [6.07, 6.45) is 1.88. The number of rotatable bonds is 5. The fourth-order valence-electron chi connectivity index (χ4n) is 2.21. The molecule has 1 aliphatic heterocycles. The van der Waals surface area contributed by atoms with Gasteiger partial charge in [0, 0.05) is 13.1 Å². The molecule has 0 spiro atoms. The van der Waals surface area contributed by atoms with Crippen LogP contribution in [0.1, 0.15) is 33.6 Å². The van der Waals surface area contributed by atoms with Gasteiger partial charge in [-0.3, -0.25) is 9.69 Å². The van der Waals surface area contributed by atoms with Gasteiger partial charge in [-0.2, -0.15) is 0 Å². The van der Waals surface area contributed by atoms with Crippen molar-refractivity contribution in [3.8, 4) is 0 Å². The molecule has 2 unspecified atom stereocenters. The molecule has 0 aliphatic carbocycles. The molecule has 17 heavy (non-hydrogen) atoms. The fraction of sp³-hybridized carbons (Fsp3) is 0.923. The maximum absolute atomic E-state index is 11.7. The molecule has 4 nitrogen and oxygen atoms in total. The molecule has 2 N–H and O–H groups in total. The van der Waals surface area contributed by atoms with Gasteiger partial charge < -0.3 is 10.4 Å². The van der Waals surface area contributed by atoms with Crippen LogP contribution in [0, 0.1) is 11.8 Å². The quantitative estimate of drug-likeness (QED) is 0.751. The van der Waals surface area contributed by atoms with Crippen molar-refractivity contribution in [1.29, 1.82) is 0 Å². The summed E-state index contributed by atoms with van der Waals surface area (Å²) in [5.41, 5.74) is 0. The number of carbonyl (C=O) groups is 1. The number of carbonyl (C=O) groups excluding carboxylic acids is 1. The first-order chi connectivity index (χ1) is 7.99. The third kappa shape index (κ3) is 5.50. The molecular weight excluding hydrogens is 216 g/mol. The summed E-state index contributed by atoms with van der Waals surface area (Å²) in [6, 6.07) is 0. The molecule has 100 valence electrons. The molecule has 1 rings (SSSR count). The zero-order valence-electron chi connectivity index (χ0n) is 11.3. The van der Waals surface area contributed by atoms with Gasteiger partial charge in [-0.1, -0.05) is 13.8 Å². The second-order valence-corrected chi connectivity index (χ2v) is 5.58. The Bertz CT molecular complexity index is 242. The summed E-state index contributed by atoms with van der Waals surface area (Å²) in [7, 11) is 0. The van der Waals surface area contributed by atoms with E-state index in [1.165, 1.54) is 0 Å². The predicted molar refractivity (Wildman–Crippen MR) is 68.7 cm³/mol. The van der Waals surface area contributed by atoms with E-state index < -0.39 is 0 Å². The molecule has 4 heteroatoms. The van der Waals surface area contributed by atoms with E-state index in [0.29, 0.717) is 18.4 Å². The van der Waals surface area contributed by atoms with E-state index in [2.05, 4.69) is 24.1 Å². The van der Waals surface area contributed by atoms with Crippen LogP contribution in [-0.2, 0) is 4.79 Å². The minimum atomic E-state index is -0.267. The van der Waals surface area contributed by atoms with E-state index in [9.17, 15) is 9.90 Å². The maximum Gasteiger partial charge on any atom is 0.234 e. The number of nitrogens with one attached hydrogen (secondary N) is 1. The normalized spacial score (nSPS) is 23.7. The van der Waals surface area contributed by atoms with Gasteiger partial charge in [0.1, 0.15) is 0 Å². The van der Waals surface area contributed by atoms with Crippen LogP contribution in [-0.4, -0.2) is 48.2 Å². The second-order valence-electron chi connectivity index (χ2n) is 5.58. The highest BCUT2D eigenvalue weighted by atomic mass is 16.3. The smallest absolute Gasteiger partial charge is 0.234 e. The Labute approximate surface area is 104 Å². The minimum Gasteiger partial charge on any atom is -0.393 e. The fourth-order valence-corrected chi connectivity index (χ4v) is 2.21. The van der Waals surface area contributed by atoms with Crippen LogP contribution < -0.4 is 5.32 Å². The summed E-state index contributed by atoms with van der Waals surface area (Å²) in [5, 5.41) is 12.5. The number of likely N-dealkylation sites (tertiary alicyclic amines) is 1. The third-order valence-electron chi connectivity index (χ3n) is 3.30. The lowest BCUT2D eigenvalue weighted by Gasteiger charge is -2.33. The number of piperidine rings is 1. The van der Waals surface area contributed by atoms with Crippen LogP contribution in [0.2, 0.25) is 0 Å². The third-order valence-corrected chi connectivity index (χ3v) is 3.30. The number of hydrogen-bond acceptors (Lipinski definition) is 3. The van der Waals surface area contributed by atoms with Gasteiger partial charge in [-0.05, 0) is 38.1 Å². The Morgan fingerprint density at radius 3 is 2.76 bits per heavy atom. The zero-order chi connectivity index (χ0) is 12.8. The average Bonchev–Trinajstić information content (AvgIpc) is 2.26. The predicted octanol–water partition coefficient (Wildman–Crippen LogP) is 0.851. The molecule has 0 aromatic rings. The molecular formula is C13H26N2O2. The van der Waals surface area contributed by atoms with Crippen LogP contribution in [0.4, 0.5) is 0 Å². The molecule has 0 saturated carbocycles. The lowest BCUT2D eigenvalue weighted by molar-refractivity contribution is -0.123. The van der Waals surface area contributed by atoms with Crippen molar-refractivity contribution in [3.05, 3.63) is 0 Å². The summed E-state index contributed by atoms with van der Waals surface area (Å²) in [6.45, 7) is 9.04. The first kappa shape index (κ1) is 14.5. The summed E-state index contributed by atoms with van der Waals surface area (Å²) in [4.78, 5) is 13.8. The minimum absolute atomic E-state index is 0.102. The highest BCUT2D eigenvalue weighted by molar-refractivity contribution is 5.78. The van der Waals surface area contributed by atoms with Gasteiger partial charge in [0.2, 0.25) is 5.91 Å². The summed E-state index contributed by atoms with van der Waals surface area (Å²) in [5.74, 6) is 0.914. The van der Waals surface area contributed by atoms with Crippen molar-refractivity contribution in [2.45, 2.75) is 39.7 Å². The molecule has 0 aromatic carbocycles. The van der Waals surface area contributed by atoms with Crippen molar-refractivity contribution in [3.63, 3.8) is 0 Å². The maximum atomic E-state index is 11.7. The Hall–Kier alpha value is -0.610. The van der Waals surface area contributed by atoms with E-state index in [1.54, 1.807) is 0 Å². The van der Waals surface area contributed by atoms with Gasteiger partial charge in [0.25, 0.3) is 0 Å². The van der Waals surface area contributed by atoms with E-state index in [-0.39, 0.29) is 12.0 Å². The molecule has 1 heterocycles. The summed E-state index contributed by atoms with van der Waals surface area (Å²) >= 11 is 0. The number of hydrogen-bond donors (Lipinski definition) is 2.